The number of oxime groups is 1. The fraction of sp³-hybridized carbons (Fsp3) is 0.333. The van der Waals surface area contributed by atoms with E-state index in [2.05, 4.69) is 5.16 Å². The molecule has 1 heterocycles. The SMILES string of the molecule is NC(=NO)c1cccc2c1CCN(C(=O)O)CC2. The summed E-state index contributed by atoms with van der Waals surface area (Å²) in [4.78, 5) is 12.4. The van der Waals surface area contributed by atoms with Gasteiger partial charge in [-0.2, -0.15) is 0 Å². The fourth-order valence-corrected chi connectivity index (χ4v) is 2.26. The van der Waals surface area contributed by atoms with Gasteiger partial charge in [-0.05, 0) is 24.0 Å². The van der Waals surface area contributed by atoms with Crippen LogP contribution in [0.4, 0.5) is 4.79 Å². The predicted molar refractivity (Wildman–Crippen MR) is 66.0 cm³/mol. The van der Waals surface area contributed by atoms with Crippen LogP contribution >= 0.6 is 0 Å². The molecule has 6 nitrogen and oxygen atoms in total. The Bertz CT molecular complexity index is 499. The van der Waals surface area contributed by atoms with E-state index >= 15 is 0 Å². The molecule has 6 heteroatoms. The first kappa shape index (κ1) is 12.2. The topological polar surface area (TPSA) is 99.2 Å². The minimum atomic E-state index is -0.909. The van der Waals surface area contributed by atoms with Gasteiger partial charge in [-0.25, -0.2) is 4.79 Å². The summed E-state index contributed by atoms with van der Waals surface area (Å²) in [6, 6.07) is 5.57. The zero-order chi connectivity index (χ0) is 13.1. The van der Waals surface area contributed by atoms with Crippen LogP contribution in [0.3, 0.4) is 0 Å². The summed E-state index contributed by atoms with van der Waals surface area (Å²) in [6.45, 7) is 0.903. The summed E-state index contributed by atoms with van der Waals surface area (Å²) in [6.07, 6.45) is 0.315. The lowest BCUT2D eigenvalue weighted by atomic mass is 9.97. The number of nitrogens with two attached hydrogens (primary N) is 1. The molecule has 18 heavy (non-hydrogen) atoms. The third-order valence-electron chi connectivity index (χ3n) is 3.21. The van der Waals surface area contributed by atoms with E-state index in [0.717, 1.165) is 11.1 Å². The lowest BCUT2D eigenvalue weighted by molar-refractivity contribution is 0.147. The molecule has 96 valence electrons. The number of benzene rings is 1. The first-order valence-corrected chi connectivity index (χ1v) is 5.70. The van der Waals surface area contributed by atoms with Gasteiger partial charge in [0.2, 0.25) is 0 Å². The number of hydrogen-bond donors (Lipinski definition) is 3. The summed E-state index contributed by atoms with van der Waals surface area (Å²) in [5.74, 6) is 0.0654. The molecule has 0 bridgehead atoms. The number of carboxylic acid groups (broad SMARTS) is 1. The van der Waals surface area contributed by atoms with E-state index in [1.165, 1.54) is 4.90 Å². The summed E-state index contributed by atoms with van der Waals surface area (Å²) >= 11 is 0. The van der Waals surface area contributed by atoms with E-state index in [9.17, 15) is 4.79 Å². The number of amides is 1. The van der Waals surface area contributed by atoms with Crippen molar-refractivity contribution < 1.29 is 15.1 Å². The van der Waals surface area contributed by atoms with Gasteiger partial charge in [0.1, 0.15) is 0 Å². The molecule has 1 aromatic rings. The van der Waals surface area contributed by atoms with Gasteiger partial charge in [-0.15, -0.1) is 0 Å². The molecule has 0 saturated carbocycles. The van der Waals surface area contributed by atoms with Gasteiger partial charge in [0.05, 0.1) is 0 Å². The quantitative estimate of drug-likeness (QED) is 0.297. The van der Waals surface area contributed by atoms with Crippen LogP contribution in [-0.2, 0) is 12.8 Å². The highest BCUT2D eigenvalue weighted by Gasteiger charge is 2.20. The van der Waals surface area contributed by atoms with Crippen LogP contribution in [0.5, 0.6) is 0 Å². The Morgan fingerprint density at radius 3 is 2.72 bits per heavy atom. The van der Waals surface area contributed by atoms with Crippen molar-refractivity contribution in [2.45, 2.75) is 12.8 Å². The van der Waals surface area contributed by atoms with E-state index in [4.69, 9.17) is 16.0 Å². The van der Waals surface area contributed by atoms with Crippen molar-refractivity contribution >= 4 is 11.9 Å². The van der Waals surface area contributed by atoms with Gasteiger partial charge < -0.3 is 20.9 Å². The van der Waals surface area contributed by atoms with Crippen LogP contribution in [0.1, 0.15) is 16.7 Å². The zero-order valence-electron chi connectivity index (χ0n) is 9.83. The maximum absolute atomic E-state index is 11.0. The first-order valence-electron chi connectivity index (χ1n) is 5.70. The Balaban J connectivity index is 2.36. The van der Waals surface area contributed by atoms with Crippen LogP contribution in [0.25, 0.3) is 0 Å². The molecular weight excluding hydrogens is 234 g/mol. The Morgan fingerprint density at radius 1 is 1.33 bits per heavy atom. The molecule has 0 aliphatic carbocycles. The Labute approximate surface area is 104 Å². The molecule has 0 aromatic heterocycles. The average Bonchev–Trinajstić information content (AvgIpc) is 2.59. The van der Waals surface area contributed by atoms with Crippen molar-refractivity contribution in [2.75, 3.05) is 13.1 Å². The van der Waals surface area contributed by atoms with Crippen molar-refractivity contribution in [3.8, 4) is 0 Å². The zero-order valence-corrected chi connectivity index (χ0v) is 9.83. The highest BCUT2D eigenvalue weighted by Crippen LogP contribution is 2.20. The van der Waals surface area contributed by atoms with Crippen molar-refractivity contribution in [3.63, 3.8) is 0 Å². The first-order chi connectivity index (χ1) is 8.63. The molecule has 1 amide bonds. The molecule has 0 radical (unpaired) electrons. The van der Waals surface area contributed by atoms with Crippen LogP contribution in [0, 0.1) is 0 Å². The van der Waals surface area contributed by atoms with E-state index in [1.807, 2.05) is 12.1 Å². The highest BCUT2D eigenvalue weighted by molar-refractivity contribution is 5.98. The summed E-state index contributed by atoms with van der Waals surface area (Å²) in [5, 5.41) is 20.8. The van der Waals surface area contributed by atoms with Crippen LogP contribution in [-0.4, -0.2) is 40.2 Å². The number of amidine groups is 1. The van der Waals surface area contributed by atoms with E-state index < -0.39 is 6.09 Å². The van der Waals surface area contributed by atoms with Gasteiger partial charge in [0.25, 0.3) is 0 Å². The van der Waals surface area contributed by atoms with Gasteiger partial charge >= 0.3 is 6.09 Å². The molecule has 1 aliphatic rings. The monoisotopic (exact) mass is 249 g/mol. The minimum absolute atomic E-state index is 0.0654. The van der Waals surface area contributed by atoms with E-state index in [-0.39, 0.29) is 5.84 Å². The van der Waals surface area contributed by atoms with Crippen LogP contribution < -0.4 is 5.73 Å². The standard InChI is InChI=1S/C12H15N3O3/c13-11(14-18)10-3-1-2-8-4-6-15(12(16)17)7-5-9(8)10/h1-3,18H,4-7H2,(H2,13,14)(H,16,17). The molecule has 0 atom stereocenters. The number of carbonyl (C=O) groups is 1. The van der Waals surface area contributed by atoms with Crippen molar-refractivity contribution in [2.24, 2.45) is 10.9 Å². The molecule has 0 fully saturated rings. The maximum atomic E-state index is 11.0. The summed E-state index contributed by atoms with van der Waals surface area (Å²) in [7, 11) is 0. The second kappa shape index (κ2) is 4.95. The lowest BCUT2D eigenvalue weighted by Gasteiger charge is -2.15. The average molecular weight is 249 g/mol. The molecule has 4 N–H and O–H groups in total. The van der Waals surface area contributed by atoms with Crippen LogP contribution in [0.2, 0.25) is 0 Å². The smallest absolute Gasteiger partial charge is 0.407 e. The number of rotatable bonds is 1. The van der Waals surface area contributed by atoms with E-state index in [1.54, 1.807) is 6.07 Å². The molecule has 0 unspecified atom stereocenters. The maximum Gasteiger partial charge on any atom is 0.407 e. The number of nitrogens with zero attached hydrogens (tertiary/aromatic N) is 2. The number of hydrogen-bond acceptors (Lipinski definition) is 3. The van der Waals surface area contributed by atoms with Crippen molar-refractivity contribution in [1.82, 2.24) is 4.90 Å². The Morgan fingerprint density at radius 2 is 2.06 bits per heavy atom. The van der Waals surface area contributed by atoms with Gasteiger partial charge in [-0.1, -0.05) is 23.4 Å². The second-order valence-electron chi connectivity index (χ2n) is 4.20. The second-order valence-corrected chi connectivity index (χ2v) is 4.20. The molecular formula is C12H15N3O3. The minimum Gasteiger partial charge on any atom is -0.465 e. The van der Waals surface area contributed by atoms with Crippen LogP contribution in [0.15, 0.2) is 23.4 Å². The Hall–Kier alpha value is -2.24. The number of fused-ring (bicyclic) bond motifs is 1. The molecule has 0 saturated heterocycles. The summed E-state index contributed by atoms with van der Waals surface area (Å²) in [5.41, 5.74) is 8.34. The normalized spacial score (nSPS) is 16.0. The Kier molecular flexibility index (Phi) is 3.36. The largest absolute Gasteiger partial charge is 0.465 e. The van der Waals surface area contributed by atoms with Gasteiger partial charge in [0, 0.05) is 18.7 Å². The lowest BCUT2D eigenvalue weighted by Crippen LogP contribution is -2.31. The predicted octanol–water partition coefficient (Wildman–Crippen LogP) is 0.860. The van der Waals surface area contributed by atoms with E-state index in [0.29, 0.717) is 31.5 Å². The molecule has 1 aromatic carbocycles. The summed E-state index contributed by atoms with van der Waals surface area (Å²) < 4.78 is 0. The molecule has 0 spiro atoms. The third-order valence-corrected chi connectivity index (χ3v) is 3.21. The third kappa shape index (κ3) is 2.22. The molecule has 2 rings (SSSR count). The highest BCUT2D eigenvalue weighted by atomic mass is 16.4. The molecule has 1 aliphatic heterocycles. The van der Waals surface area contributed by atoms with Crippen molar-refractivity contribution in [3.05, 3.63) is 34.9 Å². The van der Waals surface area contributed by atoms with Gasteiger partial charge in [-0.3, -0.25) is 0 Å². The van der Waals surface area contributed by atoms with Crippen molar-refractivity contribution in [1.29, 1.82) is 0 Å². The van der Waals surface area contributed by atoms with Gasteiger partial charge in [0.15, 0.2) is 5.84 Å². The fourth-order valence-electron chi connectivity index (χ4n) is 2.26.